The van der Waals surface area contributed by atoms with Gasteiger partial charge in [-0.15, -0.1) is 0 Å². The molecule has 0 saturated carbocycles. The van der Waals surface area contributed by atoms with Crippen LogP contribution >= 0.6 is 11.6 Å². The van der Waals surface area contributed by atoms with Gasteiger partial charge in [0.1, 0.15) is 5.92 Å². The molecule has 2 atom stereocenters. The predicted molar refractivity (Wildman–Crippen MR) is 119 cm³/mol. The first-order valence-corrected chi connectivity index (χ1v) is 10.4. The first-order valence-electron chi connectivity index (χ1n) is 10.1. The van der Waals surface area contributed by atoms with Gasteiger partial charge in [-0.1, -0.05) is 35.9 Å². The van der Waals surface area contributed by atoms with Crippen LogP contribution in [0.3, 0.4) is 0 Å². The predicted octanol–water partition coefficient (Wildman–Crippen LogP) is 3.46. The van der Waals surface area contributed by atoms with Crippen LogP contribution in [0.15, 0.2) is 60.4 Å². The summed E-state index contributed by atoms with van der Waals surface area (Å²) >= 11 is 5.90. The van der Waals surface area contributed by atoms with E-state index in [0.717, 1.165) is 5.56 Å². The third kappa shape index (κ3) is 5.76. The second kappa shape index (κ2) is 10.6. The molecule has 0 bridgehead atoms. The number of nitro benzene ring substituents is 1. The molecule has 1 fully saturated rings. The van der Waals surface area contributed by atoms with Gasteiger partial charge in [-0.05, 0) is 36.6 Å². The Morgan fingerprint density at radius 2 is 2.03 bits per heavy atom. The van der Waals surface area contributed by atoms with Crippen LogP contribution in [-0.4, -0.2) is 30.1 Å². The highest BCUT2D eigenvalue weighted by Crippen LogP contribution is 2.32. The summed E-state index contributed by atoms with van der Waals surface area (Å²) in [6.07, 6.45) is 2.27. The van der Waals surface area contributed by atoms with Crippen LogP contribution in [0, 0.1) is 16.0 Å². The highest BCUT2D eigenvalue weighted by molar-refractivity contribution is 6.30. The van der Waals surface area contributed by atoms with Crippen molar-refractivity contribution in [1.82, 2.24) is 16.0 Å². The normalized spacial score (nSPS) is 19.1. The molecule has 2 aromatic carbocycles. The number of rotatable bonds is 8. The number of esters is 1. The molecule has 3 rings (SSSR count). The molecule has 2 amide bonds. The number of hydrogen-bond donors (Lipinski definition) is 3. The Hall–Kier alpha value is -3.59. The van der Waals surface area contributed by atoms with Gasteiger partial charge in [-0.3, -0.25) is 14.9 Å². The van der Waals surface area contributed by atoms with Crippen molar-refractivity contribution in [2.45, 2.75) is 19.4 Å². The van der Waals surface area contributed by atoms with Crippen molar-refractivity contribution in [3.8, 4) is 0 Å². The lowest BCUT2D eigenvalue weighted by Crippen LogP contribution is -2.51. The summed E-state index contributed by atoms with van der Waals surface area (Å²) in [5.41, 5.74) is 1.69. The third-order valence-corrected chi connectivity index (χ3v) is 5.17. The smallest absolute Gasteiger partial charge is 0.319 e. The zero-order chi connectivity index (χ0) is 23.1. The van der Waals surface area contributed by atoms with E-state index in [9.17, 15) is 19.7 Å². The lowest BCUT2D eigenvalue weighted by molar-refractivity contribution is -0.384. The molecule has 1 saturated heterocycles. The number of ether oxygens (including phenoxy) is 1. The fraction of sp³-hybridized carbons (Fsp3) is 0.273. The molecule has 1 aliphatic rings. The SMILES string of the molecule is CCOC(=O)[C@@H]1/C(=C\NCCc2ccc(Cl)cc2)NC(=O)N[C@H]1c1cccc([N+](=O)[O-])c1. The second-order valence-electron chi connectivity index (χ2n) is 7.09. The van der Waals surface area contributed by atoms with Gasteiger partial charge in [0, 0.05) is 29.9 Å². The Balaban J connectivity index is 1.82. The molecule has 3 N–H and O–H groups in total. The molecule has 1 aliphatic heterocycles. The lowest BCUT2D eigenvalue weighted by Gasteiger charge is -2.33. The van der Waals surface area contributed by atoms with Crippen LogP contribution in [0.2, 0.25) is 5.02 Å². The van der Waals surface area contributed by atoms with Crippen molar-refractivity contribution >= 4 is 29.3 Å². The summed E-state index contributed by atoms with van der Waals surface area (Å²) in [6.45, 7) is 2.39. The fourth-order valence-electron chi connectivity index (χ4n) is 3.43. The van der Waals surface area contributed by atoms with E-state index in [1.54, 1.807) is 19.2 Å². The standard InChI is InChI=1S/C22H23ClN4O5/c1-2-32-21(28)19-18(13-24-11-10-14-6-8-16(23)9-7-14)25-22(29)26-20(19)15-4-3-5-17(12-15)27(30)31/h3-9,12-13,19-20,24H,2,10-11H2,1H3,(H2,25,26,29)/b18-13+/t19-,20+/m1/s1. The Labute approximate surface area is 189 Å². The van der Waals surface area contributed by atoms with Crippen molar-refractivity contribution < 1.29 is 19.2 Å². The minimum absolute atomic E-state index is 0.135. The summed E-state index contributed by atoms with van der Waals surface area (Å²) in [7, 11) is 0. The van der Waals surface area contributed by atoms with E-state index in [1.807, 2.05) is 24.3 Å². The molecule has 1 heterocycles. The van der Waals surface area contributed by atoms with Crippen molar-refractivity contribution in [3.63, 3.8) is 0 Å². The first kappa shape index (κ1) is 23.1. The third-order valence-electron chi connectivity index (χ3n) is 4.92. The summed E-state index contributed by atoms with van der Waals surface area (Å²) in [5.74, 6) is -1.46. The second-order valence-corrected chi connectivity index (χ2v) is 7.52. The van der Waals surface area contributed by atoms with E-state index in [0.29, 0.717) is 29.2 Å². The molecule has 32 heavy (non-hydrogen) atoms. The van der Waals surface area contributed by atoms with Crippen molar-refractivity contribution in [1.29, 1.82) is 0 Å². The molecular formula is C22H23ClN4O5. The van der Waals surface area contributed by atoms with Crippen LogP contribution < -0.4 is 16.0 Å². The van der Waals surface area contributed by atoms with Gasteiger partial charge < -0.3 is 20.7 Å². The number of nitrogens with zero attached hydrogens (tertiary/aromatic N) is 1. The summed E-state index contributed by atoms with van der Waals surface area (Å²) < 4.78 is 5.22. The number of nitrogens with one attached hydrogen (secondary N) is 3. The number of urea groups is 1. The fourth-order valence-corrected chi connectivity index (χ4v) is 3.55. The molecule has 2 aromatic rings. The van der Waals surface area contributed by atoms with Gasteiger partial charge >= 0.3 is 12.0 Å². The van der Waals surface area contributed by atoms with Gasteiger partial charge in [0.15, 0.2) is 0 Å². The van der Waals surface area contributed by atoms with Crippen LogP contribution in [0.1, 0.15) is 24.1 Å². The minimum Gasteiger partial charge on any atom is -0.465 e. The maximum Gasteiger partial charge on any atom is 0.319 e. The van der Waals surface area contributed by atoms with E-state index in [2.05, 4.69) is 16.0 Å². The van der Waals surface area contributed by atoms with Gasteiger partial charge in [0.2, 0.25) is 0 Å². The highest BCUT2D eigenvalue weighted by atomic mass is 35.5. The number of amides is 2. The van der Waals surface area contributed by atoms with E-state index < -0.39 is 28.9 Å². The van der Waals surface area contributed by atoms with Gasteiger partial charge in [0.05, 0.1) is 23.3 Å². The average Bonchev–Trinajstić information content (AvgIpc) is 2.77. The lowest BCUT2D eigenvalue weighted by atomic mass is 9.88. The summed E-state index contributed by atoms with van der Waals surface area (Å²) in [5, 5.41) is 20.3. The molecule has 0 unspecified atom stereocenters. The van der Waals surface area contributed by atoms with E-state index in [-0.39, 0.29) is 12.3 Å². The zero-order valence-corrected chi connectivity index (χ0v) is 18.1. The Morgan fingerprint density at radius 3 is 2.72 bits per heavy atom. The Morgan fingerprint density at radius 1 is 1.28 bits per heavy atom. The van der Waals surface area contributed by atoms with Crippen molar-refractivity contribution in [2.75, 3.05) is 13.2 Å². The largest absolute Gasteiger partial charge is 0.465 e. The Kier molecular flexibility index (Phi) is 7.67. The number of nitro groups is 1. The minimum atomic E-state index is -0.905. The number of hydrogen-bond acceptors (Lipinski definition) is 6. The monoisotopic (exact) mass is 458 g/mol. The molecule has 0 spiro atoms. The highest BCUT2D eigenvalue weighted by Gasteiger charge is 2.40. The zero-order valence-electron chi connectivity index (χ0n) is 17.3. The number of non-ortho nitro benzene ring substituents is 1. The van der Waals surface area contributed by atoms with Crippen LogP contribution in [0.25, 0.3) is 0 Å². The maximum absolute atomic E-state index is 12.8. The van der Waals surface area contributed by atoms with Crippen LogP contribution in [-0.2, 0) is 16.0 Å². The van der Waals surface area contributed by atoms with Gasteiger partial charge in [-0.25, -0.2) is 4.79 Å². The van der Waals surface area contributed by atoms with Crippen molar-refractivity contribution in [2.24, 2.45) is 5.92 Å². The topological polar surface area (TPSA) is 123 Å². The van der Waals surface area contributed by atoms with E-state index >= 15 is 0 Å². The van der Waals surface area contributed by atoms with Gasteiger partial charge in [-0.2, -0.15) is 0 Å². The first-order chi connectivity index (χ1) is 15.4. The van der Waals surface area contributed by atoms with Gasteiger partial charge in [0.25, 0.3) is 5.69 Å². The number of halogens is 1. The van der Waals surface area contributed by atoms with E-state index in [1.165, 1.54) is 18.2 Å². The molecule has 9 nitrogen and oxygen atoms in total. The Bertz CT molecular complexity index is 1030. The molecule has 168 valence electrons. The molecule has 0 aliphatic carbocycles. The molecular weight excluding hydrogens is 436 g/mol. The molecule has 10 heteroatoms. The van der Waals surface area contributed by atoms with Crippen LogP contribution in [0.4, 0.5) is 10.5 Å². The number of carbonyl (C=O) groups excluding carboxylic acids is 2. The molecule has 0 radical (unpaired) electrons. The van der Waals surface area contributed by atoms with Crippen molar-refractivity contribution in [3.05, 3.63) is 86.7 Å². The average molecular weight is 459 g/mol. The summed E-state index contributed by atoms with van der Waals surface area (Å²) in [4.78, 5) is 35.7. The quantitative estimate of drug-likeness (QED) is 0.241. The number of benzene rings is 2. The van der Waals surface area contributed by atoms with E-state index in [4.69, 9.17) is 16.3 Å². The summed E-state index contributed by atoms with van der Waals surface area (Å²) in [6, 6.07) is 11.9. The number of carbonyl (C=O) groups is 2. The molecule has 0 aromatic heterocycles. The maximum atomic E-state index is 12.8. The van der Waals surface area contributed by atoms with Crippen LogP contribution in [0.5, 0.6) is 0 Å².